The number of hydrogen-bond donors (Lipinski definition) is 1. The molecule has 21 heavy (non-hydrogen) atoms. The first-order valence-electron chi connectivity index (χ1n) is 7.02. The van der Waals surface area contributed by atoms with Gasteiger partial charge in [-0.15, -0.1) is 0 Å². The Morgan fingerprint density at radius 2 is 1.43 bits per heavy atom. The van der Waals surface area contributed by atoms with Crippen LogP contribution in [0.1, 0.15) is 15.9 Å². The molecule has 1 N–H and O–H groups in total. The van der Waals surface area contributed by atoms with Crippen LogP contribution in [0.4, 0.5) is 0 Å². The van der Waals surface area contributed by atoms with Crippen molar-refractivity contribution in [1.82, 2.24) is 4.98 Å². The third-order valence-corrected chi connectivity index (χ3v) is 4.37. The number of nitrogens with one attached hydrogen (secondary N) is 1. The standard InChI is InChI=1S/C19H11NO/c21-19-15-7-2-1-5-11(15)13-9-10-14-12-6-3-4-8-16(12)20-18(14)17(13)19/h1-10,20H. The van der Waals surface area contributed by atoms with Gasteiger partial charge in [0.05, 0.1) is 11.1 Å². The highest BCUT2D eigenvalue weighted by atomic mass is 16.1. The summed E-state index contributed by atoms with van der Waals surface area (Å²) < 4.78 is 0. The van der Waals surface area contributed by atoms with Crippen LogP contribution in [0.3, 0.4) is 0 Å². The minimum absolute atomic E-state index is 0.123. The summed E-state index contributed by atoms with van der Waals surface area (Å²) in [5, 5.41) is 2.28. The first-order valence-corrected chi connectivity index (χ1v) is 7.02. The van der Waals surface area contributed by atoms with Crippen LogP contribution in [0.15, 0.2) is 60.7 Å². The Morgan fingerprint density at radius 3 is 2.33 bits per heavy atom. The van der Waals surface area contributed by atoms with Gasteiger partial charge in [-0.05, 0) is 17.2 Å². The maximum atomic E-state index is 12.8. The van der Waals surface area contributed by atoms with E-state index in [1.165, 1.54) is 5.39 Å². The Kier molecular flexibility index (Phi) is 1.87. The molecule has 2 nitrogen and oxygen atoms in total. The molecule has 1 aliphatic rings. The smallest absolute Gasteiger partial charge is 0.196 e. The lowest BCUT2D eigenvalue weighted by Crippen LogP contribution is -1.95. The summed E-state index contributed by atoms with van der Waals surface area (Å²) in [4.78, 5) is 16.2. The van der Waals surface area contributed by atoms with E-state index in [0.717, 1.165) is 38.7 Å². The molecule has 1 heterocycles. The molecule has 0 fully saturated rings. The van der Waals surface area contributed by atoms with Crippen LogP contribution in [0.25, 0.3) is 32.9 Å². The lowest BCUT2D eigenvalue weighted by molar-refractivity contribution is 0.104. The molecule has 3 aromatic carbocycles. The molecule has 0 unspecified atom stereocenters. The zero-order chi connectivity index (χ0) is 14.0. The fraction of sp³-hybridized carbons (Fsp3) is 0. The molecule has 2 heteroatoms. The first kappa shape index (κ1) is 10.9. The molecule has 0 aliphatic heterocycles. The highest BCUT2D eigenvalue weighted by Crippen LogP contribution is 2.41. The van der Waals surface area contributed by atoms with Crippen LogP contribution in [0, 0.1) is 0 Å². The zero-order valence-electron chi connectivity index (χ0n) is 11.2. The van der Waals surface area contributed by atoms with Crippen molar-refractivity contribution in [1.29, 1.82) is 0 Å². The van der Waals surface area contributed by atoms with Gasteiger partial charge in [-0.3, -0.25) is 4.79 Å². The highest BCUT2D eigenvalue weighted by Gasteiger charge is 2.29. The van der Waals surface area contributed by atoms with Crippen molar-refractivity contribution in [2.24, 2.45) is 0 Å². The molecule has 0 atom stereocenters. The quantitative estimate of drug-likeness (QED) is 0.440. The van der Waals surface area contributed by atoms with Crippen LogP contribution in [0.5, 0.6) is 0 Å². The molecule has 4 aromatic rings. The van der Waals surface area contributed by atoms with E-state index in [-0.39, 0.29) is 5.78 Å². The van der Waals surface area contributed by atoms with Gasteiger partial charge in [0.1, 0.15) is 0 Å². The van der Waals surface area contributed by atoms with E-state index < -0.39 is 0 Å². The third kappa shape index (κ3) is 1.24. The number of aromatic amines is 1. The fourth-order valence-electron chi connectivity index (χ4n) is 3.43. The first-order chi connectivity index (χ1) is 10.3. The van der Waals surface area contributed by atoms with E-state index in [1.807, 2.05) is 42.5 Å². The van der Waals surface area contributed by atoms with Gasteiger partial charge in [0.25, 0.3) is 0 Å². The lowest BCUT2D eigenvalue weighted by Gasteiger charge is -2.00. The predicted octanol–water partition coefficient (Wildman–Crippen LogP) is 4.53. The molecule has 0 amide bonds. The number of carbonyl (C=O) groups excluding carboxylic acids is 1. The molecule has 1 aromatic heterocycles. The average Bonchev–Trinajstić information content (AvgIpc) is 3.04. The van der Waals surface area contributed by atoms with Crippen molar-refractivity contribution < 1.29 is 4.79 Å². The van der Waals surface area contributed by atoms with Gasteiger partial charge >= 0.3 is 0 Å². The largest absolute Gasteiger partial charge is 0.354 e. The maximum absolute atomic E-state index is 12.8. The van der Waals surface area contributed by atoms with Gasteiger partial charge in [0, 0.05) is 21.9 Å². The lowest BCUT2D eigenvalue weighted by atomic mass is 10.0. The van der Waals surface area contributed by atoms with Crippen LogP contribution in [0.2, 0.25) is 0 Å². The molecule has 1 aliphatic carbocycles. The summed E-state index contributed by atoms with van der Waals surface area (Å²) in [5.74, 6) is 0.123. The van der Waals surface area contributed by atoms with E-state index in [4.69, 9.17) is 0 Å². The van der Waals surface area contributed by atoms with Gasteiger partial charge in [0.2, 0.25) is 0 Å². The molecule has 5 rings (SSSR count). The SMILES string of the molecule is O=C1c2ccccc2-c2ccc3c([nH]c4ccccc43)c21. The second-order valence-electron chi connectivity index (χ2n) is 5.46. The van der Waals surface area contributed by atoms with Crippen molar-refractivity contribution >= 4 is 27.6 Å². The molecule has 0 radical (unpaired) electrons. The Balaban J connectivity index is 1.98. The molecular formula is C19H11NO. The second-order valence-corrected chi connectivity index (χ2v) is 5.46. The Hall–Kier alpha value is -2.87. The van der Waals surface area contributed by atoms with Gasteiger partial charge in [-0.1, -0.05) is 54.6 Å². The van der Waals surface area contributed by atoms with Gasteiger partial charge in [-0.25, -0.2) is 0 Å². The van der Waals surface area contributed by atoms with Crippen molar-refractivity contribution in [3.05, 3.63) is 71.8 Å². The Bertz CT molecular complexity index is 1060. The molecule has 0 spiro atoms. The van der Waals surface area contributed by atoms with Crippen LogP contribution in [-0.2, 0) is 0 Å². The minimum atomic E-state index is 0.123. The minimum Gasteiger partial charge on any atom is -0.354 e. The number of fused-ring (bicyclic) bond motifs is 7. The number of hydrogen-bond acceptors (Lipinski definition) is 1. The van der Waals surface area contributed by atoms with Crippen molar-refractivity contribution in [2.45, 2.75) is 0 Å². The molecule has 0 bridgehead atoms. The second kappa shape index (κ2) is 3.61. The summed E-state index contributed by atoms with van der Waals surface area (Å²) in [6.45, 7) is 0. The van der Waals surface area contributed by atoms with Crippen LogP contribution >= 0.6 is 0 Å². The number of H-pyrrole nitrogens is 1. The maximum Gasteiger partial charge on any atom is 0.196 e. The summed E-state index contributed by atoms with van der Waals surface area (Å²) in [6, 6.07) is 20.2. The van der Waals surface area contributed by atoms with E-state index in [2.05, 4.69) is 23.2 Å². The van der Waals surface area contributed by atoms with Gasteiger partial charge in [0.15, 0.2) is 5.78 Å². The summed E-state index contributed by atoms with van der Waals surface area (Å²) >= 11 is 0. The van der Waals surface area contributed by atoms with Gasteiger partial charge < -0.3 is 4.98 Å². The van der Waals surface area contributed by atoms with Crippen molar-refractivity contribution in [2.75, 3.05) is 0 Å². The number of benzene rings is 3. The van der Waals surface area contributed by atoms with E-state index in [1.54, 1.807) is 0 Å². The number of para-hydroxylation sites is 1. The summed E-state index contributed by atoms with van der Waals surface area (Å²) in [6.07, 6.45) is 0. The van der Waals surface area contributed by atoms with Crippen molar-refractivity contribution in [3.63, 3.8) is 0 Å². The zero-order valence-corrected chi connectivity index (χ0v) is 11.2. The third-order valence-electron chi connectivity index (χ3n) is 4.37. The Morgan fingerprint density at radius 1 is 0.667 bits per heavy atom. The molecule has 98 valence electrons. The number of carbonyl (C=O) groups is 1. The van der Waals surface area contributed by atoms with E-state index >= 15 is 0 Å². The summed E-state index contributed by atoms with van der Waals surface area (Å²) in [7, 11) is 0. The monoisotopic (exact) mass is 269 g/mol. The van der Waals surface area contributed by atoms with E-state index in [0.29, 0.717) is 0 Å². The highest BCUT2D eigenvalue weighted by molar-refractivity contribution is 6.29. The number of aromatic nitrogens is 1. The number of rotatable bonds is 0. The predicted molar refractivity (Wildman–Crippen MR) is 84.7 cm³/mol. The van der Waals surface area contributed by atoms with E-state index in [9.17, 15) is 4.79 Å². The average molecular weight is 269 g/mol. The topological polar surface area (TPSA) is 32.9 Å². The van der Waals surface area contributed by atoms with Gasteiger partial charge in [-0.2, -0.15) is 0 Å². The Labute approximate surface area is 121 Å². The molecule has 0 saturated carbocycles. The fourth-order valence-corrected chi connectivity index (χ4v) is 3.43. The van der Waals surface area contributed by atoms with Crippen LogP contribution < -0.4 is 0 Å². The van der Waals surface area contributed by atoms with Crippen LogP contribution in [-0.4, -0.2) is 10.8 Å². The van der Waals surface area contributed by atoms with Crippen molar-refractivity contribution in [3.8, 4) is 11.1 Å². The number of ketones is 1. The molecule has 0 saturated heterocycles. The summed E-state index contributed by atoms with van der Waals surface area (Å²) in [5.41, 5.74) is 5.72. The normalized spacial score (nSPS) is 12.9. The molecular weight excluding hydrogens is 258 g/mol.